The summed E-state index contributed by atoms with van der Waals surface area (Å²) in [7, 11) is 0. The number of thiazole rings is 1. The fraction of sp³-hybridized carbons (Fsp3) is 0.300. The Hall–Kier alpha value is -1.40. The van der Waals surface area contributed by atoms with Crippen LogP contribution in [0.15, 0.2) is 27.2 Å². The van der Waals surface area contributed by atoms with Crippen molar-refractivity contribution < 1.29 is 0 Å². The molecule has 5 nitrogen and oxygen atoms in total. The van der Waals surface area contributed by atoms with Crippen molar-refractivity contribution >= 4 is 22.9 Å². The molecule has 1 N–H and O–H groups in total. The molecule has 0 aliphatic heterocycles. The Morgan fingerprint density at radius 2 is 2.18 bits per heavy atom. The maximum absolute atomic E-state index is 11.8. The van der Waals surface area contributed by atoms with Gasteiger partial charge in [0, 0.05) is 17.6 Å². The largest absolute Gasteiger partial charge is 0.330 e. The number of nitrogens with one attached hydrogen (secondary N) is 1. The zero-order chi connectivity index (χ0) is 12.6. The van der Waals surface area contributed by atoms with Crippen LogP contribution in [0.4, 0.5) is 0 Å². The van der Waals surface area contributed by atoms with E-state index in [2.05, 4.69) is 9.97 Å². The normalized spacial score (nSPS) is 11.7. The summed E-state index contributed by atoms with van der Waals surface area (Å²) in [5, 5.41) is 2.52. The fourth-order valence-corrected chi connectivity index (χ4v) is 2.54. The molecule has 2 aromatic heterocycles. The molecule has 0 aliphatic carbocycles. The van der Waals surface area contributed by atoms with Crippen LogP contribution in [0, 0.1) is 0 Å². The molecule has 0 unspecified atom stereocenters. The van der Waals surface area contributed by atoms with Gasteiger partial charge in [-0.15, -0.1) is 11.3 Å². The van der Waals surface area contributed by atoms with Crippen molar-refractivity contribution in [3.05, 3.63) is 48.6 Å². The van der Waals surface area contributed by atoms with Gasteiger partial charge in [-0.2, -0.15) is 0 Å². The molecule has 0 aromatic carbocycles. The number of rotatable bonds is 2. The van der Waals surface area contributed by atoms with Gasteiger partial charge in [0.2, 0.25) is 0 Å². The maximum atomic E-state index is 11.8. The van der Waals surface area contributed by atoms with Gasteiger partial charge in [-0.1, -0.05) is 11.6 Å². The Bertz CT molecular complexity index is 611. The Balaban J connectivity index is 2.70. The number of hydrogen-bond acceptors (Lipinski definition) is 4. The van der Waals surface area contributed by atoms with Crippen molar-refractivity contribution in [2.75, 3.05) is 0 Å². The van der Waals surface area contributed by atoms with Gasteiger partial charge in [-0.3, -0.25) is 9.78 Å². The molecule has 0 radical (unpaired) electrons. The van der Waals surface area contributed by atoms with Crippen molar-refractivity contribution in [3.63, 3.8) is 0 Å². The highest BCUT2D eigenvalue weighted by Gasteiger charge is 2.28. The number of aromatic amines is 1. The second-order valence-electron chi connectivity index (χ2n) is 3.99. The van der Waals surface area contributed by atoms with E-state index >= 15 is 0 Å². The van der Waals surface area contributed by atoms with Crippen LogP contribution < -0.4 is 11.2 Å². The highest BCUT2D eigenvalue weighted by atomic mass is 35.5. The predicted molar refractivity (Wildman–Crippen MR) is 66.9 cm³/mol. The van der Waals surface area contributed by atoms with Crippen molar-refractivity contribution in [2.24, 2.45) is 0 Å². The van der Waals surface area contributed by atoms with Crippen LogP contribution in [-0.2, 0) is 5.54 Å². The first-order valence-corrected chi connectivity index (χ1v) is 6.11. The van der Waals surface area contributed by atoms with E-state index in [1.54, 1.807) is 25.4 Å². The summed E-state index contributed by atoms with van der Waals surface area (Å²) in [6, 6.07) is 1.18. The molecule has 2 heterocycles. The Kier molecular flexibility index (Phi) is 2.92. The van der Waals surface area contributed by atoms with Gasteiger partial charge >= 0.3 is 5.69 Å². The molecule has 2 rings (SSSR count). The maximum Gasteiger partial charge on any atom is 0.330 e. The van der Waals surface area contributed by atoms with E-state index in [0.717, 1.165) is 4.57 Å². The monoisotopic (exact) mass is 271 g/mol. The van der Waals surface area contributed by atoms with Gasteiger partial charge < -0.3 is 0 Å². The van der Waals surface area contributed by atoms with Crippen LogP contribution in [0.2, 0.25) is 5.15 Å². The molecule has 0 spiro atoms. The number of aromatic nitrogens is 3. The summed E-state index contributed by atoms with van der Waals surface area (Å²) in [5.41, 5.74) is -1.79. The minimum Gasteiger partial charge on any atom is -0.298 e. The first-order chi connectivity index (χ1) is 7.93. The molecule has 0 saturated carbocycles. The first-order valence-electron chi connectivity index (χ1n) is 4.85. The summed E-state index contributed by atoms with van der Waals surface area (Å²) < 4.78 is 1.11. The number of nitrogens with zero attached hydrogens (tertiary/aromatic N) is 2. The van der Waals surface area contributed by atoms with Gasteiger partial charge in [-0.05, 0) is 13.8 Å². The average Bonchev–Trinajstić information content (AvgIpc) is 2.67. The van der Waals surface area contributed by atoms with Crippen LogP contribution >= 0.6 is 22.9 Å². The summed E-state index contributed by atoms with van der Waals surface area (Å²) in [4.78, 5) is 30.2. The zero-order valence-corrected chi connectivity index (χ0v) is 10.8. The summed E-state index contributed by atoms with van der Waals surface area (Å²) >= 11 is 7.01. The second kappa shape index (κ2) is 4.12. The van der Waals surface area contributed by atoms with Crippen molar-refractivity contribution in [1.82, 2.24) is 14.5 Å². The van der Waals surface area contributed by atoms with Gasteiger partial charge in [0.1, 0.15) is 10.2 Å². The molecular weight excluding hydrogens is 262 g/mol. The van der Waals surface area contributed by atoms with Crippen molar-refractivity contribution in [1.29, 1.82) is 0 Å². The minimum absolute atomic E-state index is 0.0335. The Morgan fingerprint density at radius 1 is 1.47 bits per heavy atom. The predicted octanol–water partition coefficient (Wildman–Crippen LogP) is 1.43. The lowest BCUT2D eigenvalue weighted by Crippen LogP contribution is -2.46. The summed E-state index contributed by atoms with van der Waals surface area (Å²) in [6.45, 7) is 3.52. The summed E-state index contributed by atoms with van der Waals surface area (Å²) in [5.74, 6) is 0. The van der Waals surface area contributed by atoms with Gasteiger partial charge in [-0.25, -0.2) is 14.3 Å². The van der Waals surface area contributed by atoms with E-state index in [0.29, 0.717) is 5.01 Å². The van der Waals surface area contributed by atoms with E-state index in [1.807, 2.05) is 0 Å². The van der Waals surface area contributed by atoms with Crippen LogP contribution in [-0.4, -0.2) is 14.5 Å². The Morgan fingerprint density at radius 3 is 2.71 bits per heavy atom. The highest BCUT2D eigenvalue weighted by Crippen LogP contribution is 2.24. The molecule has 0 atom stereocenters. The van der Waals surface area contributed by atoms with Crippen LogP contribution in [0.25, 0.3) is 0 Å². The lowest BCUT2D eigenvalue weighted by molar-refractivity contribution is 0.400. The van der Waals surface area contributed by atoms with Crippen LogP contribution in [0.3, 0.4) is 0 Å². The molecule has 0 bridgehead atoms. The van der Waals surface area contributed by atoms with Crippen LogP contribution in [0.5, 0.6) is 0 Å². The molecular formula is C10H10ClN3O2S. The van der Waals surface area contributed by atoms with Crippen molar-refractivity contribution in [3.8, 4) is 0 Å². The fourth-order valence-electron chi connectivity index (χ4n) is 1.62. The van der Waals surface area contributed by atoms with Gasteiger partial charge in [0.15, 0.2) is 0 Å². The molecule has 2 aromatic rings. The van der Waals surface area contributed by atoms with Gasteiger partial charge in [0.05, 0.1) is 5.54 Å². The lowest BCUT2D eigenvalue weighted by Gasteiger charge is -2.23. The number of hydrogen-bond donors (Lipinski definition) is 1. The topological polar surface area (TPSA) is 67.8 Å². The third kappa shape index (κ3) is 2.05. The second-order valence-corrected chi connectivity index (χ2v) is 5.29. The standard InChI is InChI=1S/C10H10ClN3O2S/c1-10(2,8-12-3-4-17-8)14-7(15)5-6(11)13-9(14)16/h3-5H,1-2H3,(H,13,16). The molecule has 0 fully saturated rings. The number of halogens is 1. The average molecular weight is 272 g/mol. The number of H-pyrrole nitrogens is 1. The SMILES string of the molecule is CC(C)(c1nccs1)n1c(=O)cc(Cl)[nH]c1=O. The molecule has 7 heteroatoms. The van der Waals surface area contributed by atoms with Crippen molar-refractivity contribution in [2.45, 2.75) is 19.4 Å². The lowest BCUT2D eigenvalue weighted by atomic mass is 10.1. The van der Waals surface area contributed by atoms with E-state index in [-0.39, 0.29) is 5.15 Å². The zero-order valence-electron chi connectivity index (χ0n) is 9.23. The van der Waals surface area contributed by atoms with Gasteiger partial charge in [0.25, 0.3) is 5.56 Å². The third-order valence-corrected chi connectivity index (χ3v) is 3.70. The molecule has 0 saturated heterocycles. The van der Waals surface area contributed by atoms with E-state index in [9.17, 15) is 9.59 Å². The minimum atomic E-state index is -0.802. The quantitative estimate of drug-likeness (QED) is 0.840. The highest BCUT2D eigenvalue weighted by molar-refractivity contribution is 7.09. The molecule has 90 valence electrons. The van der Waals surface area contributed by atoms with Crippen LogP contribution in [0.1, 0.15) is 18.9 Å². The molecule has 17 heavy (non-hydrogen) atoms. The third-order valence-electron chi connectivity index (χ3n) is 2.41. The van der Waals surface area contributed by atoms with E-state index < -0.39 is 16.8 Å². The first kappa shape index (κ1) is 12.1. The van der Waals surface area contributed by atoms with E-state index in [4.69, 9.17) is 11.6 Å². The summed E-state index contributed by atoms with van der Waals surface area (Å²) in [6.07, 6.45) is 1.64. The molecule has 0 amide bonds. The molecule has 0 aliphatic rings. The smallest absolute Gasteiger partial charge is 0.298 e. The Labute approximate surface area is 106 Å². The van der Waals surface area contributed by atoms with E-state index in [1.165, 1.54) is 17.4 Å².